The Morgan fingerprint density at radius 1 is 1.12 bits per heavy atom. The maximum atomic E-state index is 15.3. The van der Waals surface area contributed by atoms with Crippen molar-refractivity contribution in [2.45, 2.75) is 57.5 Å². The molecule has 0 amide bonds. The molecule has 3 rings (SSSR count). The zero-order chi connectivity index (χ0) is 17.8. The van der Waals surface area contributed by atoms with Gasteiger partial charge in [0.15, 0.2) is 5.78 Å². The molecule has 1 aliphatic rings. The Morgan fingerprint density at radius 2 is 1.80 bits per heavy atom. The minimum absolute atomic E-state index is 0.00845. The summed E-state index contributed by atoms with van der Waals surface area (Å²) in [5.74, 6) is -0.806. The summed E-state index contributed by atoms with van der Waals surface area (Å²) in [7, 11) is 0. The van der Waals surface area contributed by atoms with Gasteiger partial charge in [-0.15, -0.1) is 0 Å². The number of hydrogen-bond acceptors (Lipinski definition) is 2. The zero-order valence-electron chi connectivity index (χ0n) is 14.7. The lowest BCUT2D eigenvalue weighted by Gasteiger charge is -2.25. The molecule has 1 saturated carbocycles. The Bertz CT molecular complexity index is 733. The van der Waals surface area contributed by atoms with Crippen molar-refractivity contribution < 1.29 is 14.3 Å². The zero-order valence-corrected chi connectivity index (χ0v) is 14.7. The summed E-state index contributed by atoms with van der Waals surface area (Å²) in [6.07, 6.45) is 4.79. The SMILES string of the molecule is CCc1ccc(C(=O)C(O)c2ccccc2)c(F)c1C1CCCCC1. The molecular formula is C22H25FO2. The summed E-state index contributed by atoms with van der Waals surface area (Å²) in [6.45, 7) is 2.02. The largest absolute Gasteiger partial charge is 0.380 e. The van der Waals surface area contributed by atoms with Crippen molar-refractivity contribution >= 4 is 5.78 Å². The molecule has 0 saturated heterocycles. The molecule has 1 aliphatic carbocycles. The first-order chi connectivity index (χ1) is 12.1. The van der Waals surface area contributed by atoms with E-state index in [1.165, 1.54) is 12.5 Å². The summed E-state index contributed by atoms with van der Waals surface area (Å²) >= 11 is 0. The van der Waals surface area contributed by atoms with Gasteiger partial charge in [-0.2, -0.15) is 0 Å². The highest BCUT2D eigenvalue weighted by molar-refractivity contribution is 6.00. The molecule has 1 atom stereocenters. The number of aryl methyl sites for hydroxylation is 1. The highest BCUT2D eigenvalue weighted by Gasteiger charge is 2.28. The third-order valence-electron chi connectivity index (χ3n) is 5.29. The molecule has 3 heteroatoms. The number of benzene rings is 2. The van der Waals surface area contributed by atoms with Crippen molar-refractivity contribution in [1.82, 2.24) is 0 Å². The van der Waals surface area contributed by atoms with Gasteiger partial charge in [-0.25, -0.2) is 4.39 Å². The summed E-state index contributed by atoms with van der Waals surface area (Å²) in [5, 5.41) is 10.4. The number of aliphatic hydroxyl groups is 1. The average Bonchev–Trinajstić information content (AvgIpc) is 2.68. The monoisotopic (exact) mass is 340 g/mol. The van der Waals surface area contributed by atoms with Gasteiger partial charge in [-0.05, 0) is 47.9 Å². The van der Waals surface area contributed by atoms with Gasteiger partial charge in [0, 0.05) is 0 Å². The maximum Gasteiger partial charge on any atom is 0.198 e. The van der Waals surface area contributed by atoms with Gasteiger partial charge in [-0.1, -0.05) is 62.6 Å². The molecule has 0 heterocycles. The van der Waals surface area contributed by atoms with E-state index in [9.17, 15) is 9.90 Å². The van der Waals surface area contributed by atoms with Crippen molar-refractivity contribution in [1.29, 1.82) is 0 Å². The Hall–Kier alpha value is -2.00. The number of Topliss-reactive ketones (excluding diaryl/α,β-unsaturated/α-hetero) is 1. The van der Waals surface area contributed by atoms with Crippen LogP contribution in [0.3, 0.4) is 0 Å². The van der Waals surface area contributed by atoms with Crippen molar-refractivity contribution in [3.63, 3.8) is 0 Å². The summed E-state index contributed by atoms with van der Waals surface area (Å²) in [4.78, 5) is 12.7. The first kappa shape index (κ1) is 17.8. The molecule has 1 fully saturated rings. The predicted octanol–water partition coefficient (Wildman–Crippen LogP) is 5.35. The van der Waals surface area contributed by atoms with Crippen molar-refractivity contribution in [3.8, 4) is 0 Å². The first-order valence-corrected chi connectivity index (χ1v) is 9.22. The molecular weight excluding hydrogens is 315 g/mol. The second kappa shape index (κ2) is 7.92. The van der Waals surface area contributed by atoms with E-state index in [-0.39, 0.29) is 11.5 Å². The molecule has 2 nitrogen and oxygen atoms in total. The smallest absolute Gasteiger partial charge is 0.198 e. The minimum Gasteiger partial charge on any atom is -0.380 e. The molecule has 1 unspecified atom stereocenters. The van der Waals surface area contributed by atoms with Crippen LogP contribution in [0.25, 0.3) is 0 Å². The van der Waals surface area contributed by atoms with Crippen molar-refractivity contribution in [3.05, 3.63) is 70.5 Å². The van der Waals surface area contributed by atoms with Crippen LogP contribution in [-0.2, 0) is 6.42 Å². The van der Waals surface area contributed by atoms with Crippen LogP contribution in [0.1, 0.15) is 78.1 Å². The number of carbonyl (C=O) groups is 1. The highest BCUT2D eigenvalue weighted by Crippen LogP contribution is 2.37. The van der Waals surface area contributed by atoms with E-state index < -0.39 is 17.7 Å². The molecule has 0 aromatic heterocycles. The van der Waals surface area contributed by atoms with Crippen LogP contribution >= 0.6 is 0 Å². The summed E-state index contributed by atoms with van der Waals surface area (Å²) in [5.41, 5.74) is 2.18. The predicted molar refractivity (Wildman–Crippen MR) is 97.3 cm³/mol. The Morgan fingerprint density at radius 3 is 2.44 bits per heavy atom. The topological polar surface area (TPSA) is 37.3 Å². The summed E-state index contributed by atoms with van der Waals surface area (Å²) < 4.78 is 15.3. The van der Waals surface area contributed by atoms with Gasteiger partial charge in [-0.3, -0.25) is 4.79 Å². The van der Waals surface area contributed by atoms with Crippen LogP contribution in [0.5, 0.6) is 0 Å². The van der Waals surface area contributed by atoms with Crippen LogP contribution < -0.4 is 0 Å². The number of rotatable bonds is 5. The average molecular weight is 340 g/mol. The molecule has 2 aromatic carbocycles. The molecule has 2 aromatic rings. The minimum atomic E-state index is -1.33. The molecule has 0 spiro atoms. The Labute approximate surface area is 148 Å². The van der Waals surface area contributed by atoms with E-state index in [0.29, 0.717) is 11.1 Å². The lowest BCUT2D eigenvalue weighted by Crippen LogP contribution is -2.17. The van der Waals surface area contributed by atoms with Gasteiger partial charge < -0.3 is 5.11 Å². The van der Waals surface area contributed by atoms with Crippen molar-refractivity contribution in [2.75, 3.05) is 0 Å². The standard InChI is InChI=1S/C22H25FO2/c1-2-15-13-14-18(20(23)19(15)16-9-5-3-6-10-16)22(25)21(24)17-11-7-4-8-12-17/h4,7-8,11-14,16,21,24H,2-3,5-6,9-10H2,1H3. The maximum absolute atomic E-state index is 15.3. The van der Waals surface area contributed by atoms with E-state index in [0.717, 1.165) is 37.7 Å². The number of carbonyl (C=O) groups excluding carboxylic acids is 1. The normalized spacial score (nSPS) is 16.6. The highest BCUT2D eigenvalue weighted by atomic mass is 19.1. The number of aliphatic hydroxyl groups excluding tert-OH is 1. The van der Waals surface area contributed by atoms with E-state index in [1.54, 1.807) is 24.3 Å². The van der Waals surface area contributed by atoms with Crippen LogP contribution in [-0.4, -0.2) is 10.9 Å². The molecule has 25 heavy (non-hydrogen) atoms. The Balaban J connectivity index is 1.97. The quantitative estimate of drug-likeness (QED) is 0.745. The molecule has 0 bridgehead atoms. The van der Waals surface area contributed by atoms with Crippen LogP contribution in [0.2, 0.25) is 0 Å². The summed E-state index contributed by atoms with van der Waals surface area (Å²) in [6, 6.07) is 12.1. The lowest BCUT2D eigenvalue weighted by atomic mass is 9.80. The second-order valence-corrected chi connectivity index (χ2v) is 6.87. The number of hydrogen-bond donors (Lipinski definition) is 1. The fraction of sp³-hybridized carbons (Fsp3) is 0.409. The third kappa shape index (κ3) is 3.67. The van der Waals surface area contributed by atoms with E-state index in [4.69, 9.17) is 0 Å². The fourth-order valence-electron chi connectivity index (χ4n) is 3.90. The van der Waals surface area contributed by atoms with E-state index in [2.05, 4.69) is 0 Å². The third-order valence-corrected chi connectivity index (χ3v) is 5.29. The van der Waals surface area contributed by atoms with Gasteiger partial charge in [0.1, 0.15) is 11.9 Å². The first-order valence-electron chi connectivity index (χ1n) is 9.22. The van der Waals surface area contributed by atoms with Crippen LogP contribution in [0, 0.1) is 5.82 Å². The van der Waals surface area contributed by atoms with Crippen LogP contribution in [0.15, 0.2) is 42.5 Å². The van der Waals surface area contributed by atoms with Crippen molar-refractivity contribution in [2.24, 2.45) is 0 Å². The number of halogens is 1. The second-order valence-electron chi connectivity index (χ2n) is 6.87. The van der Waals surface area contributed by atoms with Gasteiger partial charge >= 0.3 is 0 Å². The van der Waals surface area contributed by atoms with Crippen LogP contribution in [0.4, 0.5) is 4.39 Å². The van der Waals surface area contributed by atoms with Gasteiger partial charge in [0.05, 0.1) is 5.56 Å². The molecule has 132 valence electrons. The molecule has 0 radical (unpaired) electrons. The lowest BCUT2D eigenvalue weighted by molar-refractivity contribution is 0.0742. The Kier molecular flexibility index (Phi) is 5.64. The number of ketones is 1. The molecule has 1 N–H and O–H groups in total. The van der Waals surface area contributed by atoms with E-state index >= 15 is 4.39 Å². The molecule has 0 aliphatic heterocycles. The van der Waals surface area contributed by atoms with Gasteiger partial charge in [0.25, 0.3) is 0 Å². The van der Waals surface area contributed by atoms with E-state index in [1.807, 2.05) is 19.1 Å². The van der Waals surface area contributed by atoms with Gasteiger partial charge in [0.2, 0.25) is 0 Å². The fourth-order valence-corrected chi connectivity index (χ4v) is 3.90.